The molecule has 0 saturated heterocycles. The third kappa shape index (κ3) is 4.39. The van der Waals surface area contributed by atoms with Gasteiger partial charge in [0.15, 0.2) is 0 Å². The summed E-state index contributed by atoms with van der Waals surface area (Å²) in [5.74, 6) is -0.0451. The van der Waals surface area contributed by atoms with Gasteiger partial charge in [0, 0.05) is 5.92 Å². The summed E-state index contributed by atoms with van der Waals surface area (Å²) in [4.78, 5) is 0. The molecule has 152 valence electrons. The van der Waals surface area contributed by atoms with Gasteiger partial charge in [0.2, 0.25) is 0 Å². The zero-order valence-electron chi connectivity index (χ0n) is 17.1. The highest BCUT2D eigenvalue weighted by atomic mass is 32.2. The molecule has 0 aromatic heterocycles. The number of para-hydroxylation sites is 1. The molecule has 0 heterocycles. The van der Waals surface area contributed by atoms with E-state index in [2.05, 4.69) is 12.1 Å². The molecule has 1 atom stereocenters. The van der Waals surface area contributed by atoms with Gasteiger partial charge in [-0.3, -0.25) is 0 Å². The minimum atomic E-state index is -3.83. The Morgan fingerprint density at radius 3 is 2.03 bits per heavy atom. The Hall–Kier alpha value is -3.11. The van der Waals surface area contributed by atoms with Gasteiger partial charge in [-0.1, -0.05) is 91.0 Å². The van der Waals surface area contributed by atoms with Gasteiger partial charge >= 0.3 is 10.1 Å². The lowest BCUT2D eigenvalue weighted by molar-refractivity contribution is 0.479. The van der Waals surface area contributed by atoms with Crippen molar-refractivity contribution in [1.82, 2.24) is 0 Å². The molecule has 0 fully saturated rings. The van der Waals surface area contributed by atoms with Crippen molar-refractivity contribution in [2.75, 3.05) is 5.75 Å². The smallest absolute Gasteiger partial charge is 0.310 e. The Balaban J connectivity index is 1.73. The van der Waals surface area contributed by atoms with Crippen LogP contribution in [0.2, 0.25) is 0 Å². The summed E-state index contributed by atoms with van der Waals surface area (Å²) in [5.41, 5.74) is 3.51. The fourth-order valence-electron chi connectivity index (χ4n) is 3.79. The van der Waals surface area contributed by atoms with Crippen LogP contribution in [0.4, 0.5) is 0 Å². The van der Waals surface area contributed by atoms with E-state index in [0.29, 0.717) is 5.75 Å². The van der Waals surface area contributed by atoms with Crippen LogP contribution in [0.5, 0.6) is 5.75 Å². The van der Waals surface area contributed by atoms with Crippen molar-refractivity contribution in [1.29, 1.82) is 0 Å². The first kappa shape index (κ1) is 20.2. The molecule has 4 rings (SSSR count). The zero-order chi connectivity index (χ0) is 21.1. The number of hydrogen-bond acceptors (Lipinski definition) is 3. The molecule has 0 amide bonds. The monoisotopic (exact) mass is 416 g/mol. The fourth-order valence-corrected chi connectivity index (χ4v) is 5.17. The number of hydrogen-bond donors (Lipinski definition) is 0. The van der Waals surface area contributed by atoms with Crippen molar-refractivity contribution < 1.29 is 12.6 Å². The van der Waals surface area contributed by atoms with Gasteiger partial charge in [0.05, 0.1) is 5.75 Å². The molecular formula is C26H24O3S. The van der Waals surface area contributed by atoms with Crippen LogP contribution in [0.1, 0.15) is 28.2 Å². The Morgan fingerprint density at radius 1 is 0.700 bits per heavy atom. The van der Waals surface area contributed by atoms with Crippen molar-refractivity contribution in [3.05, 3.63) is 113 Å². The summed E-state index contributed by atoms with van der Waals surface area (Å²) in [7, 11) is -3.83. The molecule has 0 bridgehead atoms. The Bertz CT molecular complexity index is 1260. The molecule has 0 saturated carbocycles. The average molecular weight is 417 g/mol. The highest BCUT2D eigenvalue weighted by Gasteiger charge is 2.25. The Kier molecular flexibility index (Phi) is 5.60. The minimum absolute atomic E-state index is 0.136. The number of aryl methyl sites for hydroxylation is 2. The molecule has 3 nitrogen and oxygen atoms in total. The molecule has 4 heteroatoms. The van der Waals surface area contributed by atoms with E-state index in [9.17, 15) is 8.42 Å². The maximum atomic E-state index is 13.1. The van der Waals surface area contributed by atoms with Crippen LogP contribution in [-0.4, -0.2) is 14.2 Å². The quantitative estimate of drug-likeness (QED) is 0.362. The molecule has 30 heavy (non-hydrogen) atoms. The summed E-state index contributed by atoms with van der Waals surface area (Å²) < 4.78 is 31.8. The summed E-state index contributed by atoms with van der Waals surface area (Å²) in [6.07, 6.45) is 0. The van der Waals surface area contributed by atoms with Gasteiger partial charge < -0.3 is 4.18 Å². The summed E-state index contributed by atoms with van der Waals surface area (Å²) in [6, 6.07) is 29.5. The molecule has 0 spiro atoms. The predicted octanol–water partition coefficient (Wildman–Crippen LogP) is 6.00. The maximum absolute atomic E-state index is 13.1. The summed E-state index contributed by atoms with van der Waals surface area (Å²) in [5, 5.41) is 2.21. The molecule has 0 aliphatic heterocycles. The summed E-state index contributed by atoms with van der Waals surface area (Å²) >= 11 is 0. The predicted molar refractivity (Wildman–Crippen MR) is 123 cm³/mol. The second kappa shape index (κ2) is 8.33. The van der Waals surface area contributed by atoms with Crippen LogP contribution in [0.15, 0.2) is 91.0 Å². The molecule has 4 aromatic rings. The molecule has 0 unspecified atom stereocenters. The van der Waals surface area contributed by atoms with Crippen LogP contribution < -0.4 is 4.18 Å². The zero-order valence-corrected chi connectivity index (χ0v) is 17.9. The lowest BCUT2D eigenvalue weighted by Crippen LogP contribution is -2.21. The second-order valence-corrected chi connectivity index (χ2v) is 9.21. The van der Waals surface area contributed by atoms with Crippen molar-refractivity contribution in [3.8, 4) is 5.75 Å². The van der Waals surface area contributed by atoms with Crippen LogP contribution >= 0.6 is 0 Å². The van der Waals surface area contributed by atoms with E-state index in [4.69, 9.17) is 4.18 Å². The van der Waals surface area contributed by atoms with E-state index in [-0.39, 0.29) is 11.7 Å². The van der Waals surface area contributed by atoms with E-state index in [1.165, 1.54) is 0 Å². The van der Waals surface area contributed by atoms with Crippen LogP contribution in [-0.2, 0) is 10.1 Å². The molecule has 0 radical (unpaired) electrons. The highest BCUT2D eigenvalue weighted by molar-refractivity contribution is 7.87. The van der Waals surface area contributed by atoms with Gasteiger partial charge in [0.1, 0.15) is 5.75 Å². The van der Waals surface area contributed by atoms with Crippen LogP contribution in [0.3, 0.4) is 0 Å². The van der Waals surface area contributed by atoms with Crippen molar-refractivity contribution in [2.45, 2.75) is 19.8 Å². The SMILES string of the molecule is Cc1cccc(C)c1OS(=O)(=O)C[C@H](c1ccccc1)c1ccc2ccccc2c1. The third-order valence-electron chi connectivity index (χ3n) is 5.37. The first-order valence-electron chi connectivity index (χ1n) is 9.95. The van der Waals surface area contributed by atoms with Crippen molar-refractivity contribution in [2.24, 2.45) is 0 Å². The number of fused-ring (bicyclic) bond motifs is 1. The maximum Gasteiger partial charge on any atom is 0.310 e. The van der Waals surface area contributed by atoms with Gasteiger partial charge in [-0.15, -0.1) is 0 Å². The lowest BCUT2D eigenvalue weighted by Gasteiger charge is -2.20. The second-order valence-electron chi connectivity index (χ2n) is 7.60. The Morgan fingerprint density at radius 2 is 1.33 bits per heavy atom. The third-order valence-corrected chi connectivity index (χ3v) is 6.53. The number of benzene rings is 4. The van der Waals surface area contributed by atoms with Crippen molar-refractivity contribution in [3.63, 3.8) is 0 Å². The molecule has 4 aromatic carbocycles. The van der Waals surface area contributed by atoms with E-state index in [0.717, 1.165) is 33.0 Å². The van der Waals surface area contributed by atoms with E-state index >= 15 is 0 Å². The molecule has 0 aliphatic carbocycles. The van der Waals surface area contributed by atoms with E-state index in [1.54, 1.807) is 0 Å². The van der Waals surface area contributed by atoms with Crippen molar-refractivity contribution >= 4 is 20.9 Å². The topological polar surface area (TPSA) is 43.4 Å². The van der Waals surface area contributed by atoms with Gasteiger partial charge in [-0.05, 0) is 46.9 Å². The molecule has 0 aliphatic rings. The average Bonchev–Trinajstić information content (AvgIpc) is 2.75. The lowest BCUT2D eigenvalue weighted by atomic mass is 9.91. The standard InChI is InChI=1S/C26H24O3S/c1-19-9-8-10-20(2)26(19)29-30(27,28)18-25(22-12-4-3-5-13-22)24-16-15-21-11-6-7-14-23(21)17-24/h3-17,25H,18H2,1-2H3/t25-/m1/s1. The highest BCUT2D eigenvalue weighted by Crippen LogP contribution is 2.31. The largest absolute Gasteiger partial charge is 0.382 e. The normalized spacial score (nSPS) is 12.6. The van der Waals surface area contributed by atoms with Crippen LogP contribution in [0.25, 0.3) is 10.8 Å². The summed E-state index contributed by atoms with van der Waals surface area (Å²) in [6.45, 7) is 3.71. The van der Waals surface area contributed by atoms with E-state index in [1.807, 2.05) is 92.7 Å². The van der Waals surface area contributed by atoms with Crippen LogP contribution in [0, 0.1) is 13.8 Å². The van der Waals surface area contributed by atoms with Gasteiger partial charge in [0.25, 0.3) is 0 Å². The first-order chi connectivity index (χ1) is 14.4. The first-order valence-corrected chi connectivity index (χ1v) is 11.5. The molecular weight excluding hydrogens is 392 g/mol. The Labute approximate surface area is 178 Å². The number of rotatable bonds is 6. The minimum Gasteiger partial charge on any atom is -0.382 e. The fraction of sp³-hybridized carbons (Fsp3) is 0.154. The van der Waals surface area contributed by atoms with Gasteiger partial charge in [-0.25, -0.2) is 0 Å². The van der Waals surface area contributed by atoms with E-state index < -0.39 is 10.1 Å². The molecule has 0 N–H and O–H groups in total. The van der Waals surface area contributed by atoms with Gasteiger partial charge in [-0.2, -0.15) is 8.42 Å².